The van der Waals surface area contributed by atoms with Gasteiger partial charge < -0.3 is 16.2 Å². The number of benzene rings is 1. The third-order valence-electron chi connectivity index (χ3n) is 2.09. The lowest BCUT2D eigenvalue weighted by molar-refractivity contribution is -0.116. The van der Waals surface area contributed by atoms with E-state index in [1.165, 1.54) is 18.2 Å². The number of anilines is 1. The minimum Gasteiger partial charge on any atom is -0.478 e. The van der Waals surface area contributed by atoms with Gasteiger partial charge in [-0.2, -0.15) is 0 Å². The van der Waals surface area contributed by atoms with Gasteiger partial charge in [-0.3, -0.25) is 4.79 Å². The summed E-state index contributed by atoms with van der Waals surface area (Å²) in [6.07, 6.45) is 0.819. The molecule has 0 saturated heterocycles. The molecule has 0 heterocycles. The zero-order valence-electron chi connectivity index (χ0n) is 9.07. The fourth-order valence-corrected chi connectivity index (χ4v) is 1.45. The van der Waals surface area contributed by atoms with Gasteiger partial charge in [0.05, 0.1) is 11.3 Å². The number of hydrogen-bond donors (Lipinski definition) is 3. The van der Waals surface area contributed by atoms with Gasteiger partial charge in [0.2, 0.25) is 5.91 Å². The second-order valence-electron chi connectivity index (χ2n) is 3.44. The minimum atomic E-state index is -1.14. The minimum absolute atomic E-state index is 0.0291. The Morgan fingerprint density at radius 3 is 2.71 bits per heavy atom. The van der Waals surface area contributed by atoms with E-state index in [2.05, 4.69) is 5.32 Å². The van der Waals surface area contributed by atoms with E-state index in [1.807, 2.05) is 0 Å². The summed E-state index contributed by atoms with van der Waals surface area (Å²) in [6.45, 7) is 0.416. The molecule has 4 N–H and O–H groups in total. The molecule has 0 aliphatic heterocycles. The largest absolute Gasteiger partial charge is 0.478 e. The third kappa shape index (κ3) is 4.05. The molecule has 0 aliphatic rings. The van der Waals surface area contributed by atoms with Crippen LogP contribution in [-0.2, 0) is 4.79 Å². The molecule has 92 valence electrons. The molecule has 0 saturated carbocycles. The molecule has 0 aliphatic carbocycles. The van der Waals surface area contributed by atoms with Crippen LogP contribution in [0.4, 0.5) is 5.69 Å². The van der Waals surface area contributed by atoms with Crippen LogP contribution < -0.4 is 11.1 Å². The highest BCUT2D eigenvalue weighted by molar-refractivity contribution is 6.31. The highest BCUT2D eigenvalue weighted by Gasteiger charge is 2.12. The molecule has 1 aromatic carbocycles. The van der Waals surface area contributed by atoms with Crippen LogP contribution in [0.1, 0.15) is 23.2 Å². The van der Waals surface area contributed by atoms with Crippen molar-refractivity contribution in [3.05, 3.63) is 28.8 Å². The first-order chi connectivity index (χ1) is 8.04. The van der Waals surface area contributed by atoms with Gasteiger partial charge in [0.25, 0.3) is 0 Å². The van der Waals surface area contributed by atoms with E-state index in [9.17, 15) is 9.59 Å². The molecule has 17 heavy (non-hydrogen) atoms. The first-order valence-electron chi connectivity index (χ1n) is 5.07. The zero-order chi connectivity index (χ0) is 12.8. The molecule has 1 aromatic rings. The quantitative estimate of drug-likeness (QED) is 0.748. The summed E-state index contributed by atoms with van der Waals surface area (Å²) < 4.78 is 0. The molecular weight excluding hydrogens is 244 g/mol. The van der Waals surface area contributed by atoms with E-state index < -0.39 is 5.97 Å². The van der Waals surface area contributed by atoms with E-state index >= 15 is 0 Å². The van der Waals surface area contributed by atoms with Crippen LogP contribution in [0.3, 0.4) is 0 Å². The number of carboxylic acid groups (broad SMARTS) is 1. The lowest BCUT2D eigenvalue weighted by atomic mass is 10.1. The van der Waals surface area contributed by atoms with Crippen molar-refractivity contribution in [3.63, 3.8) is 0 Å². The van der Waals surface area contributed by atoms with Crippen LogP contribution in [-0.4, -0.2) is 23.5 Å². The Hall–Kier alpha value is -1.59. The fourth-order valence-electron chi connectivity index (χ4n) is 1.28. The molecule has 0 atom stereocenters. The van der Waals surface area contributed by atoms with Crippen molar-refractivity contribution < 1.29 is 14.7 Å². The summed E-state index contributed by atoms with van der Waals surface area (Å²) in [5, 5.41) is 11.8. The number of aromatic carboxylic acids is 1. The Morgan fingerprint density at radius 1 is 1.41 bits per heavy atom. The normalized spacial score (nSPS) is 10.0. The summed E-state index contributed by atoms with van der Waals surface area (Å²) in [6, 6.07) is 4.28. The molecule has 6 heteroatoms. The smallest absolute Gasteiger partial charge is 0.337 e. The highest BCUT2D eigenvalue weighted by Crippen LogP contribution is 2.20. The Labute approximate surface area is 104 Å². The Kier molecular flexibility index (Phi) is 4.93. The number of rotatable bonds is 5. The maximum absolute atomic E-state index is 11.4. The van der Waals surface area contributed by atoms with Crippen molar-refractivity contribution >= 4 is 29.2 Å². The maximum atomic E-state index is 11.4. The summed E-state index contributed by atoms with van der Waals surface area (Å²) in [4.78, 5) is 22.4. The SMILES string of the molecule is NCCCC(=O)Nc1ccc(Cl)cc1C(=O)O. The van der Waals surface area contributed by atoms with Crippen molar-refractivity contribution in [1.82, 2.24) is 0 Å². The van der Waals surface area contributed by atoms with Gasteiger partial charge in [0.15, 0.2) is 0 Å². The summed E-state index contributed by atoms with van der Waals surface area (Å²) >= 11 is 5.69. The second-order valence-corrected chi connectivity index (χ2v) is 3.87. The predicted octanol–water partition coefficient (Wildman–Crippen LogP) is 1.72. The van der Waals surface area contributed by atoms with Crippen molar-refractivity contribution in [2.45, 2.75) is 12.8 Å². The Bertz CT molecular complexity index is 435. The molecular formula is C11H13ClN2O3. The predicted molar refractivity (Wildman–Crippen MR) is 65.3 cm³/mol. The van der Waals surface area contributed by atoms with E-state index in [4.69, 9.17) is 22.4 Å². The first-order valence-corrected chi connectivity index (χ1v) is 5.45. The fraction of sp³-hybridized carbons (Fsp3) is 0.273. The van der Waals surface area contributed by atoms with Gasteiger partial charge in [0.1, 0.15) is 0 Å². The summed E-state index contributed by atoms with van der Waals surface area (Å²) in [5.74, 6) is -1.40. The number of nitrogens with two attached hydrogens (primary N) is 1. The zero-order valence-corrected chi connectivity index (χ0v) is 9.83. The topological polar surface area (TPSA) is 92.4 Å². The van der Waals surface area contributed by atoms with E-state index in [1.54, 1.807) is 0 Å². The molecule has 0 bridgehead atoms. The maximum Gasteiger partial charge on any atom is 0.337 e. The van der Waals surface area contributed by atoms with Crippen molar-refractivity contribution in [2.75, 3.05) is 11.9 Å². The Balaban J connectivity index is 2.83. The van der Waals surface area contributed by atoms with Crippen LogP contribution >= 0.6 is 11.6 Å². The molecule has 0 unspecified atom stereocenters. The van der Waals surface area contributed by atoms with Crippen LogP contribution in [0.5, 0.6) is 0 Å². The van der Waals surface area contributed by atoms with Crippen LogP contribution in [0.2, 0.25) is 5.02 Å². The number of carbonyl (C=O) groups excluding carboxylic acids is 1. The number of hydrogen-bond acceptors (Lipinski definition) is 3. The van der Waals surface area contributed by atoms with Gasteiger partial charge in [-0.25, -0.2) is 4.79 Å². The molecule has 5 nitrogen and oxygen atoms in total. The van der Waals surface area contributed by atoms with Crippen molar-refractivity contribution in [3.8, 4) is 0 Å². The lowest BCUT2D eigenvalue weighted by Crippen LogP contribution is -2.15. The standard InChI is InChI=1S/C11H13ClN2O3/c12-7-3-4-9(8(6-7)11(16)17)14-10(15)2-1-5-13/h3-4,6H,1-2,5,13H2,(H,14,15)(H,16,17). The molecule has 0 radical (unpaired) electrons. The monoisotopic (exact) mass is 256 g/mol. The van der Waals surface area contributed by atoms with Crippen molar-refractivity contribution in [1.29, 1.82) is 0 Å². The van der Waals surface area contributed by atoms with Crippen LogP contribution in [0, 0.1) is 0 Å². The summed E-state index contributed by atoms with van der Waals surface area (Å²) in [7, 11) is 0. The first kappa shape index (κ1) is 13.5. The van der Waals surface area contributed by atoms with Crippen LogP contribution in [0.25, 0.3) is 0 Å². The molecule has 1 amide bonds. The molecule has 1 rings (SSSR count). The Morgan fingerprint density at radius 2 is 2.12 bits per heavy atom. The average molecular weight is 257 g/mol. The van der Waals surface area contributed by atoms with Gasteiger partial charge >= 0.3 is 5.97 Å². The van der Waals surface area contributed by atoms with Gasteiger partial charge in [-0.1, -0.05) is 11.6 Å². The number of nitrogens with one attached hydrogen (secondary N) is 1. The molecule has 0 spiro atoms. The highest BCUT2D eigenvalue weighted by atomic mass is 35.5. The number of carboxylic acids is 1. The lowest BCUT2D eigenvalue weighted by Gasteiger charge is -2.08. The molecule has 0 fully saturated rings. The third-order valence-corrected chi connectivity index (χ3v) is 2.33. The van der Waals surface area contributed by atoms with E-state index in [0.717, 1.165) is 0 Å². The summed E-state index contributed by atoms with van der Waals surface area (Å²) in [5.41, 5.74) is 5.49. The number of amides is 1. The van der Waals surface area contributed by atoms with Crippen LogP contribution in [0.15, 0.2) is 18.2 Å². The average Bonchev–Trinajstić information content (AvgIpc) is 2.28. The van der Waals surface area contributed by atoms with E-state index in [-0.39, 0.29) is 23.6 Å². The number of halogens is 1. The number of carbonyl (C=O) groups is 2. The van der Waals surface area contributed by atoms with Gasteiger partial charge in [-0.05, 0) is 31.2 Å². The van der Waals surface area contributed by atoms with Gasteiger partial charge in [-0.15, -0.1) is 0 Å². The van der Waals surface area contributed by atoms with Gasteiger partial charge in [0, 0.05) is 11.4 Å². The molecule has 0 aromatic heterocycles. The van der Waals surface area contributed by atoms with E-state index in [0.29, 0.717) is 18.0 Å². The second kappa shape index (κ2) is 6.22. The van der Waals surface area contributed by atoms with Crippen molar-refractivity contribution in [2.24, 2.45) is 5.73 Å².